The first-order valence-corrected chi connectivity index (χ1v) is 7.32. The molecule has 2 fully saturated rings. The number of likely N-dealkylation sites (N-methyl/N-ethyl adjacent to an activating group) is 1. The predicted molar refractivity (Wildman–Crippen MR) is 73.5 cm³/mol. The number of urea groups is 1. The van der Waals surface area contributed by atoms with Crippen LogP contribution in [-0.4, -0.2) is 54.4 Å². The molecule has 1 heterocycles. The van der Waals surface area contributed by atoms with Gasteiger partial charge in [-0.1, -0.05) is 13.3 Å². The van der Waals surface area contributed by atoms with Gasteiger partial charge in [0, 0.05) is 13.1 Å². The summed E-state index contributed by atoms with van der Waals surface area (Å²) >= 11 is 0. The lowest BCUT2D eigenvalue weighted by Gasteiger charge is -2.39. The van der Waals surface area contributed by atoms with E-state index in [0.717, 1.165) is 12.8 Å². The second kappa shape index (κ2) is 5.99. The Balaban J connectivity index is 1.92. The van der Waals surface area contributed by atoms with Crippen LogP contribution in [0.25, 0.3) is 0 Å². The molecule has 0 bridgehead atoms. The minimum Gasteiger partial charge on any atom is -0.481 e. The maximum absolute atomic E-state index is 12.3. The van der Waals surface area contributed by atoms with Crippen LogP contribution in [0.1, 0.15) is 33.1 Å². The summed E-state index contributed by atoms with van der Waals surface area (Å²) in [7, 11) is 0. The molecule has 0 aromatic heterocycles. The number of aliphatic carboxylic acids is 1. The van der Waals surface area contributed by atoms with Crippen molar-refractivity contribution in [2.24, 2.45) is 11.3 Å². The van der Waals surface area contributed by atoms with E-state index in [1.54, 1.807) is 4.90 Å². The minimum atomic E-state index is -0.898. The van der Waals surface area contributed by atoms with Crippen LogP contribution in [0.5, 0.6) is 0 Å². The second-order valence-corrected chi connectivity index (χ2v) is 6.16. The van der Waals surface area contributed by atoms with Crippen molar-refractivity contribution in [1.82, 2.24) is 10.2 Å². The third-order valence-electron chi connectivity index (χ3n) is 4.60. The van der Waals surface area contributed by atoms with E-state index in [9.17, 15) is 14.7 Å². The van der Waals surface area contributed by atoms with E-state index in [1.165, 1.54) is 6.42 Å². The van der Waals surface area contributed by atoms with Crippen molar-refractivity contribution in [1.29, 1.82) is 0 Å². The summed E-state index contributed by atoms with van der Waals surface area (Å²) in [6.45, 7) is 5.67. The van der Waals surface area contributed by atoms with Crippen LogP contribution >= 0.6 is 0 Å². The summed E-state index contributed by atoms with van der Waals surface area (Å²) in [5, 5.41) is 12.1. The molecular formula is C14H24N2O4. The number of nitrogens with one attached hydrogen (secondary N) is 1. The van der Waals surface area contributed by atoms with E-state index < -0.39 is 11.9 Å². The third kappa shape index (κ3) is 3.06. The standard InChI is InChI=1S/C14H24N2O4/c1-3-16(11-8-20-7-10(11)12(17)18)13(19)15-9-14(2)5-4-6-14/h10-11H,3-9H2,1-2H3,(H,15,19)(H,17,18). The van der Waals surface area contributed by atoms with E-state index in [4.69, 9.17) is 4.74 Å². The summed E-state index contributed by atoms with van der Waals surface area (Å²) in [4.78, 5) is 25.1. The predicted octanol–water partition coefficient (Wildman–Crippen LogP) is 1.31. The quantitative estimate of drug-likeness (QED) is 0.798. The number of hydrogen-bond donors (Lipinski definition) is 2. The number of carboxylic acid groups (broad SMARTS) is 1. The summed E-state index contributed by atoms with van der Waals surface area (Å²) in [6, 6.07) is -0.547. The summed E-state index contributed by atoms with van der Waals surface area (Å²) in [5.74, 6) is -1.52. The summed E-state index contributed by atoms with van der Waals surface area (Å²) in [5.41, 5.74) is 0.216. The summed E-state index contributed by atoms with van der Waals surface area (Å²) in [6.07, 6.45) is 3.51. The largest absolute Gasteiger partial charge is 0.481 e. The molecule has 1 saturated carbocycles. The number of amides is 2. The number of rotatable bonds is 5. The van der Waals surface area contributed by atoms with Gasteiger partial charge in [0.1, 0.15) is 5.92 Å². The highest BCUT2D eigenvalue weighted by molar-refractivity contribution is 5.77. The Morgan fingerprint density at radius 1 is 1.40 bits per heavy atom. The lowest BCUT2D eigenvalue weighted by Crippen LogP contribution is -2.52. The van der Waals surface area contributed by atoms with Gasteiger partial charge in [-0.15, -0.1) is 0 Å². The maximum atomic E-state index is 12.3. The zero-order valence-electron chi connectivity index (χ0n) is 12.2. The number of carbonyl (C=O) groups is 2. The van der Waals surface area contributed by atoms with Crippen molar-refractivity contribution < 1.29 is 19.4 Å². The smallest absolute Gasteiger partial charge is 0.317 e. The van der Waals surface area contributed by atoms with Crippen LogP contribution in [0.3, 0.4) is 0 Å². The molecule has 1 aliphatic heterocycles. The van der Waals surface area contributed by atoms with Gasteiger partial charge in [-0.05, 0) is 25.2 Å². The van der Waals surface area contributed by atoms with Gasteiger partial charge in [0.15, 0.2) is 0 Å². The van der Waals surface area contributed by atoms with Gasteiger partial charge in [-0.25, -0.2) is 4.79 Å². The first-order chi connectivity index (χ1) is 9.47. The van der Waals surface area contributed by atoms with Gasteiger partial charge in [0.2, 0.25) is 0 Å². The first-order valence-electron chi connectivity index (χ1n) is 7.32. The highest BCUT2D eigenvalue weighted by atomic mass is 16.5. The van der Waals surface area contributed by atoms with E-state index in [0.29, 0.717) is 19.7 Å². The number of carboxylic acids is 1. The molecule has 0 aromatic carbocycles. The highest BCUT2D eigenvalue weighted by Crippen LogP contribution is 2.39. The molecule has 6 heteroatoms. The lowest BCUT2D eigenvalue weighted by atomic mass is 9.70. The minimum absolute atomic E-state index is 0.178. The van der Waals surface area contributed by atoms with Gasteiger partial charge in [0.05, 0.1) is 19.3 Å². The van der Waals surface area contributed by atoms with Gasteiger partial charge < -0.3 is 20.1 Å². The number of ether oxygens (including phenoxy) is 1. The summed E-state index contributed by atoms with van der Waals surface area (Å²) < 4.78 is 5.24. The Labute approximate surface area is 119 Å². The van der Waals surface area contributed by atoms with E-state index in [1.807, 2.05) is 6.92 Å². The van der Waals surface area contributed by atoms with Crippen molar-refractivity contribution in [3.8, 4) is 0 Å². The van der Waals surface area contributed by atoms with E-state index in [-0.39, 0.29) is 24.1 Å². The third-order valence-corrected chi connectivity index (χ3v) is 4.60. The molecule has 0 aromatic rings. The fourth-order valence-corrected chi connectivity index (χ4v) is 2.96. The van der Waals surface area contributed by atoms with Crippen molar-refractivity contribution in [2.75, 3.05) is 26.3 Å². The first kappa shape index (κ1) is 15.1. The SMILES string of the molecule is CCN(C(=O)NCC1(C)CCC1)C1COCC1C(=O)O. The average molecular weight is 284 g/mol. The van der Waals surface area contributed by atoms with E-state index >= 15 is 0 Å². The molecular weight excluding hydrogens is 260 g/mol. The molecule has 2 aliphatic rings. The topological polar surface area (TPSA) is 78.9 Å². The Bertz CT molecular complexity index is 381. The van der Waals surface area contributed by atoms with Crippen LogP contribution in [0.15, 0.2) is 0 Å². The van der Waals surface area contributed by atoms with E-state index in [2.05, 4.69) is 12.2 Å². The molecule has 2 atom stereocenters. The fourth-order valence-electron chi connectivity index (χ4n) is 2.96. The monoisotopic (exact) mass is 284 g/mol. The molecule has 0 radical (unpaired) electrons. The Morgan fingerprint density at radius 3 is 2.60 bits per heavy atom. The van der Waals surface area contributed by atoms with Gasteiger partial charge in [-0.2, -0.15) is 0 Å². The second-order valence-electron chi connectivity index (χ2n) is 6.16. The Morgan fingerprint density at radius 2 is 2.10 bits per heavy atom. The van der Waals surface area contributed by atoms with Crippen molar-refractivity contribution >= 4 is 12.0 Å². The van der Waals surface area contributed by atoms with Gasteiger partial charge in [-0.3, -0.25) is 4.79 Å². The van der Waals surface area contributed by atoms with Crippen molar-refractivity contribution in [2.45, 2.75) is 39.2 Å². The molecule has 2 N–H and O–H groups in total. The molecule has 0 spiro atoms. The fraction of sp³-hybridized carbons (Fsp3) is 0.857. The normalized spacial score (nSPS) is 27.7. The van der Waals surface area contributed by atoms with Gasteiger partial charge in [0.25, 0.3) is 0 Å². The van der Waals surface area contributed by atoms with Crippen molar-refractivity contribution in [3.63, 3.8) is 0 Å². The van der Waals surface area contributed by atoms with Crippen LogP contribution in [-0.2, 0) is 9.53 Å². The number of nitrogens with zero attached hydrogens (tertiary/aromatic N) is 1. The molecule has 20 heavy (non-hydrogen) atoms. The zero-order valence-corrected chi connectivity index (χ0v) is 12.2. The van der Waals surface area contributed by atoms with Crippen LogP contribution in [0, 0.1) is 11.3 Å². The van der Waals surface area contributed by atoms with Crippen LogP contribution in [0.2, 0.25) is 0 Å². The molecule has 1 aliphatic carbocycles. The molecule has 114 valence electrons. The van der Waals surface area contributed by atoms with Crippen LogP contribution < -0.4 is 5.32 Å². The van der Waals surface area contributed by atoms with Crippen molar-refractivity contribution in [3.05, 3.63) is 0 Å². The molecule has 2 unspecified atom stereocenters. The van der Waals surface area contributed by atoms with Crippen LogP contribution in [0.4, 0.5) is 4.79 Å². The maximum Gasteiger partial charge on any atom is 0.317 e. The molecule has 1 saturated heterocycles. The number of hydrogen-bond acceptors (Lipinski definition) is 3. The Hall–Kier alpha value is -1.30. The molecule has 2 rings (SSSR count). The number of carbonyl (C=O) groups excluding carboxylic acids is 1. The highest BCUT2D eigenvalue weighted by Gasteiger charge is 2.40. The molecule has 2 amide bonds. The molecule has 6 nitrogen and oxygen atoms in total. The Kier molecular flexibility index (Phi) is 4.52. The average Bonchev–Trinajstić information content (AvgIpc) is 2.84. The van der Waals surface area contributed by atoms with Gasteiger partial charge >= 0.3 is 12.0 Å². The lowest BCUT2D eigenvalue weighted by molar-refractivity contribution is -0.142. The zero-order chi connectivity index (χ0) is 14.8.